The minimum atomic E-state index is -0.993. The monoisotopic (exact) mass is 438 g/mol. The molecule has 4 rings (SSSR count). The quantitative estimate of drug-likeness (QED) is 0.614. The summed E-state index contributed by atoms with van der Waals surface area (Å²) in [6, 6.07) is 15.5. The van der Waals surface area contributed by atoms with Crippen LogP contribution in [0.3, 0.4) is 0 Å². The number of hydrogen-bond donors (Lipinski definition) is 2. The second-order valence-electron chi connectivity index (χ2n) is 7.89. The summed E-state index contributed by atoms with van der Waals surface area (Å²) in [7, 11) is 0. The topological polar surface area (TPSA) is 105 Å². The molecule has 168 valence electrons. The summed E-state index contributed by atoms with van der Waals surface area (Å²) < 4.78 is 10.7. The number of nitrogens with zero attached hydrogens (tertiary/aromatic N) is 1. The number of alkyl carbamates (subject to hydrolysis) is 1. The van der Waals surface area contributed by atoms with Crippen molar-refractivity contribution in [2.24, 2.45) is 0 Å². The van der Waals surface area contributed by atoms with Crippen molar-refractivity contribution in [2.75, 3.05) is 32.9 Å². The first kappa shape index (κ1) is 21.8. The van der Waals surface area contributed by atoms with Crippen LogP contribution in [0, 0.1) is 0 Å². The fourth-order valence-corrected chi connectivity index (χ4v) is 4.44. The van der Waals surface area contributed by atoms with Crippen molar-refractivity contribution in [1.29, 1.82) is 0 Å². The van der Waals surface area contributed by atoms with Gasteiger partial charge >= 0.3 is 12.1 Å². The van der Waals surface area contributed by atoms with Crippen LogP contribution in [0.15, 0.2) is 48.5 Å². The first-order chi connectivity index (χ1) is 15.6. The Hall–Kier alpha value is -3.39. The van der Waals surface area contributed by atoms with Crippen molar-refractivity contribution in [3.8, 4) is 11.1 Å². The van der Waals surface area contributed by atoms with E-state index < -0.39 is 18.1 Å². The molecule has 2 amide bonds. The van der Waals surface area contributed by atoms with E-state index in [1.54, 1.807) is 0 Å². The maximum atomic E-state index is 12.1. The van der Waals surface area contributed by atoms with Gasteiger partial charge in [0.05, 0.1) is 6.61 Å². The molecule has 2 aromatic rings. The third-order valence-corrected chi connectivity index (χ3v) is 5.94. The minimum absolute atomic E-state index is 0.00957. The van der Waals surface area contributed by atoms with Gasteiger partial charge in [-0.25, -0.2) is 9.59 Å². The molecule has 32 heavy (non-hydrogen) atoms. The zero-order valence-electron chi connectivity index (χ0n) is 17.7. The molecule has 0 radical (unpaired) electrons. The summed E-state index contributed by atoms with van der Waals surface area (Å²) in [5.41, 5.74) is 4.62. The highest BCUT2D eigenvalue weighted by atomic mass is 16.5. The Bertz CT molecular complexity index is 962. The standard InChI is InChI=1S/C24H26N2O6/c27-22(26-12-5-10-21(26)23(28)29)15-31-13-11-25-24(30)32-14-20-18-8-3-1-6-16(18)17-7-2-4-9-19(17)20/h1-4,6-9,20-21H,5,10-15H2,(H,25,30)(H,28,29)/t21-/m0/s1. The first-order valence-corrected chi connectivity index (χ1v) is 10.7. The zero-order valence-corrected chi connectivity index (χ0v) is 17.7. The number of carbonyl (C=O) groups excluding carboxylic acids is 2. The molecule has 0 aromatic heterocycles. The molecule has 1 aliphatic carbocycles. The molecular formula is C24H26N2O6. The van der Waals surface area contributed by atoms with Gasteiger partial charge in [0.1, 0.15) is 19.3 Å². The van der Waals surface area contributed by atoms with E-state index in [1.165, 1.54) is 16.0 Å². The Morgan fingerprint density at radius 3 is 2.34 bits per heavy atom. The molecule has 2 aliphatic rings. The van der Waals surface area contributed by atoms with E-state index >= 15 is 0 Å². The smallest absolute Gasteiger partial charge is 0.407 e. The summed E-state index contributed by atoms with van der Waals surface area (Å²) in [6.45, 7) is 0.756. The highest BCUT2D eigenvalue weighted by molar-refractivity contribution is 5.85. The van der Waals surface area contributed by atoms with E-state index in [0.717, 1.165) is 11.1 Å². The maximum absolute atomic E-state index is 12.1. The highest BCUT2D eigenvalue weighted by Gasteiger charge is 2.33. The number of benzene rings is 2. The van der Waals surface area contributed by atoms with Crippen LogP contribution in [0.5, 0.6) is 0 Å². The molecule has 0 bridgehead atoms. The number of hydrogen-bond acceptors (Lipinski definition) is 5. The zero-order chi connectivity index (χ0) is 22.5. The van der Waals surface area contributed by atoms with Crippen molar-refractivity contribution in [2.45, 2.75) is 24.8 Å². The Morgan fingerprint density at radius 2 is 1.69 bits per heavy atom. The van der Waals surface area contributed by atoms with Gasteiger partial charge in [-0.15, -0.1) is 0 Å². The molecule has 1 saturated heterocycles. The van der Waals surface area contributed by atoms with Crippen molar-refractivity contribution in [3.63, 3.8) is 0 Å². The molecule has 2 aromatic carbocycles. The number of likely N-dealkylation sites (tertiary alicyclic amines) is 1. The number of carbonyl (C=O) groups is 3. The first-order valence-electron chi connectivity index (χ1n) is 10.7. The number of ether oxygens (including phenoxy) is 2. The molecule has 0 saturated carbocycles. The predicted molar refractivity (Wildman–Crippen MR) is 116 cm³/mol. The lowest BCUT2D eigenvalue weighted by molar-refractivity contribution is -0.150. The number of aliphatic carboxylic acids is 1. The number of carboxylic acid groups (broad SMARTS) is 1. The second kappa shape index (κ2) is 9.82. The Kier molecular flexibility index (Phi) is 6.70. The van der Waals surface area contributed by atoms with Crippen LogP contribution in [0.25, 0.3) is 11.1 Å². The van der Waals surface area contributed by atoms with E-state index in [9.17, 15) is 14.4 Å². The summed E-state index contributed by atoms with van der Waals surface area (Å²) in [6.07, 6.45) is 0.587. The van der Waals surface area contributed by atoms with Gasteiger partial charge < -0.3 is 24.8 Å². The lowest BCUT2D eigenvalue weighted by atomic mass is 9.98. The number of nitrogens with one attached hydrogen (secondary N) is 1. The van der Waals surface area contributed by atoms with Gasteiger partial charge in [0.15, 0.2) is 0 Å². The van der Waals surface area contributed by atoms with E-state index in [0.29, 0.717) is 19.4 Å². The van der Waals surface area contributed by atoms with Crippen LogP contribution in [-0.4, -0.2) is 66.9 Å². The van der Waals surface area contributed by atoms with Gasteiger partial charge in [-0.1, -0.05) is 48.5 Å². The van der Waals surface area contributed by atoms with E-state index in [4.69, 9.17) is 14.6 Å². The predicted octanol–water partition coefficient (Wildman–Crippen LogP) is 2.62. The molecular weight excluding hydrogens is 412 g/mol. The summed E-state index contributed by atoms with van der Waals surface area (Å²) in [5, 5.41) is 11.8. The van der Waals surface area contributed by atoms with Crippen molar-refractivity contribution < 1.29 is 29.0 Å². The van der Waals surface area contributed by atoms with Crippen molar-refractivity contribution >= 4 is 18.0 Å². The van der Waals surface area contributed by atoms with Crippen molar-refractivity contribution in [1.82, 2.24) is 10.2 Å². The van der Waals surface area contributed by atoms with E-state index in [1.807, 2.05) is 24.3 Å². The maximum Gasteiger partial charge on any atom is 0.407 e. The minimum Gasteiger partial charge on any atom is -0.480 e. The lowest BCUT2D eigenvalue weighted by Crippen LogP contribution is -2.42. The van der Waals surface area contributed by atoms with Crippen LogP contribution in [0.1, 0.15) is 29.9 Å². The molecule has 8 heteroatoms. The van der Waals surface area contributed by atoms with E-state index in [2.05, 4.69) is 29.6 Å². The molecule has 2 N–H and O–H groups in total. The largest absolute Gasteiger partial charge is 0.480 e. The number of carboxylic acids is 1. The highest BCUT2D eigenvalue weighted by Crippen LogP contribution is 2.44. The summed E-state index contributed by atoms with van der Waals surface area (Å²) in [4.78, 5) is 36.8. The number of fused-ring (bicyclic) bond motifs is 3. The Balaban J connectivity index is 1.19. The second-order valence-corrected chi connectivity index (χ2v) is 7.89. The Morgan fingerprint density at radius 1 is 1.03 bits per heavy atom. The van der Waals surface area contributed by atoms with E-state index in [-0.39, 0.29) is 38.2 Å². The van der Waals surface area contributed by atoms with Crippen LogP contribution in [0.4, 0.5) is 4.79 Å². The van der Waals surface area contributed by atoms with Gasteiger partial charge in [0.25, 0.3) is 0 Å². The third-order valence-electron chi connectivity index (χ3n) is 5.94. The normalized spacial score (nSPS) is 17.0. The van der Waals surface area contributed by atoms with Gasteiger partial charge in [-0.05, 0) is 35.1 Å². The average Bonchev–Trinajstić information content (AvgIpc) is 3.41. The van der Waals surface area contributed by atoms with Gasteiger partial charge in [-0.3, -0.25) is 4.79 Å². The van der Waals surface area contributed by atoms with Gasteiger partial charge in [0.2, 0.25) is 5.91 Å². The Labute approximate surface area is 186 Å². The molecule has 1 fully saturated rings. The molecule has 1 aliphatic heterocycles. The van der Waals surface area contributed by atoms with Gasteiger partial charge in [0, 0.05) is 19.0 Å². The fraction of sp³-hybridized carbons (Fsp3) is 0.375. The SMILES string of the molecule is O=C(NCCOCC(=O)N1CCC[C@H]1C(=O)O)OCC1c2ccccc2-c2ccccc21. The lowest BCUT2D eigenvalue weighted by Gasteiger charge is -2.21. The third kappa shape index (κ3) is 4.60. The molecule has 1 heterocycles. The average molecular weight is 438 g/mol. The van der Waals surface area contributed by atoms with Crippen LogP contribution < -0.4 is 5.32 Å². The van der Waals surface area contributed by atoms with Crippen molar-refractivity contribution in [3.05, 3.63) is 59.7 Å². The number of amides is 2. The van der Waals surface area contributed by atoms with Gasteiger partial charge in [-0.2, -0.15) is 0 Å². The van der Waals surface area contributed by atoms with Crippen LogP contribution in [0.2, 0.25) is 0 Å². The fourth-order valence-electron chi connectivity index (χ4n) is 4.44. The number of rotatable bonds is 8. The summed E-state index contributed by atoms with van der Waals surface area (Å²) in [5.74, 6) is -1.35. The van der Waals surface area contributed by atoms with Crippen LogP contribution >= 0.6 is 0 Å². The molecule has 8 nitrogen and oxygen atoms in total. The van der Waals surface area contributed by atoms with Crippen LogP contribution in [-0.2, 0) is 19.1 Å². The summed E-state index contributed by atoms with van der Waals surface area (Å²) >= 11 is 0. The molecule has 1 atom stereocenters. The molecule has 0 unspecified atom stereocenters. The molecule has 0 spiro atoms.